The van der Waals surface area contributed by atoms with Crippen molar-refractivity contribution in [1.29, 1.82) is 0 Å². The van der Waals surface area contributed by atoms with E-state index in [0.717, 1.165) is 0 Å². The number of ether oxygens (including phenoxy) is 3. The number of benzene rings is 1. The van der Waals surface area contributed by atoms with E-state index < -0.39 is 12.6 Å². The quantitative estimate of drug-likeness (QED) is 0.659. The lowest BCUT2D eigenvalue weighted by Crippen LogP contribution is -2.13. The highest BCUT2D eigenvalue weighted by Crippen LogP contribution is 2.29. The van der Waals surface area contributed by atoms with E-state index in [1.165, 1.54) is 36.6 Å². The number of thiophene rings is 1. The maximum Gasteiger partial charge on any atom is 0.387 e. The molecule has 0 spiro atoms. The van der Waals surface area contributed by atoms with Gasteiger partial charge in [-0.3, -0.25) is 4.79 Å². The standard InChI is InChI=1S/C16H12F2N2O5S/c1-23-11-6-8(2-3-10(11)25-16(17)18)15(22)24-7-12-19-9-4-5-26-13(9)14(21)20-12/h2-6,16H,7H2,1H3,(H,19,20,21). The zero-order valence-electron chi connectivity index (χ0n) is 13.3. The Hall–Kier alpha value is -3.01. The van der Waals surface area contributed by atoms with Gasteiger partial charge in [-0.25, -0.2) is 9.78 Å². The van der Waals surface area contributed by atoms with Crippen molar-refractivity contribution in [1.82, 2.24) is 9.97 Å². The minimum atomic E-state index is -3.02. The van der Waals surface area contributed by atoms with Crippen molar-refractivity contribution in [3.8, 4) is 11.5 Å². The smallest absolute Gasteiger partial charge is 0.387 e. The van der Waals surface area contributed by atoms with E-state index in [-0.39, 0.29) is 35.1 Å². The van der Waals surface area contributed by atoms with Crippen LogP contribution in [-0.2, 0) is 11.3 Å². The molecule has 3 rings (SSSR count). The minimum absolute atomic E-state index is 0.0361. The first kappa shape index (κ1) is 17.8. The molecule has 1 N–H and O–H groups in total. The van der Waals surface area contributed by atoms with Crippen LogP contribution in [-0.4, -0.2) is 29.7 Å². The van der Waals surface area contributed by atoms with Gasteiger partial charge in [0.05, 0.1) is 18.2 Å². The Kier molecular flexibility index (Phi) is 5.12. The van der Waals surface area contributed by atoms with Crippen LogP contribution < -0.4 is 15.0 Å². The molecule has 0 aliphatic rings. The van der Waals surface area contributed by atoms with Gasteiger partial charge in [0.15, 0.2) is 11.5 Å². The number of aromatic nitrogens is 2. The van der Waals surface area contributed by atoms with Crippen LogP contribution in [0, 0.1) is 0 Å². The number of carbonyl (C=O) groups excluding carboxylic acids is 1. The van der Waals surface area contributed by atoms with Gasteiger partial charge in [0.2, 0.25) is 0 Å². The predicted octanol–water partition coefficient (Wildman–Crippen LogP) is 2.95. The molecule has 0 unspecified atom stereocenters. The fraction of sp³-hybridized carbons (Fsp3) is 0.188. The van der Waals surface area contributed by atoms with E-state index in [1.54, 1.807) is 11.4 Å². The van der Waals surface area contributed by atoms with Crippen molar-refractivity contribution < 1.29 is 27.8 Å². The summed E-state index contributed by atoms with van der Waals surface area (Å²) in [5.74, 6) is -0.780. The third kappa shape index (κ3) is 3.80. The van der Waals surface area contributed by atoms with Gasteiger partial charge in [-0.15, -0.1) is 11.3 Å². The second kappa shape index (κ2) is 7.48. The number of aromatic amines is 1. The van der Waals surface area contributed by atoms with E-state index in [1.807, 2.05) is 0 Å². The summed E-state index contributed by atoms with van der Waals surface area (Å²) < 4.78 is 39.4. The molecular formula is C16H12F2N2O5S. The van der Waals surface area contributed by atoms with Crippen molar-refractivity contribution in [2.24, 2.45) is 0 Å². The number of hydrogen-bond donors (Lipinski definition) is 1. The maximum absolute atomic E-state index is 12.3. The summed E-state index contributed by atoms with van der Waals surface area (Å²) in [5.41, 5.74) is 0.272. The van der Waals surface area contributed by atoms with Crippen LogP contribution in [0.3, 0.4) is 0 Å². The van der Waals surface area contributed by atoms with E-state index >= 15 is 0 Å². The number of fused-ring (bicyclic) bond motifs is 1. The molecule has 0 amide bonds. The van der Waals surface area contributed by atoms with Crippen molar-refractivity contribution >= 4 is 27.5 Å². The van der Waals surface area contributed by atoms with Crippen LogP contribution >= 0.6 is 11.3 Å². The van der Waals surface area contributed by atoms with E-state index in [2.05, 4.69) is 14.7 Å². The number of esters is 1. The Morgan fingerprint density at radius 2 is 2.12 bits per heavy atom. The fourth-order valence-electron chi connectivity index (χ4n) is 2.20. The average molecular weight is 382 g/mol. The summed E-state index contributed by atoms with van der Waals surface area (Å²) in [6, 6.07) is 5.35. The predicted molar refractivity (Wildman–Crippen MR) is 89.0 cm³/mol. The molecule has 0 fully saturated rings. The van der Waals surface area contributed by atoms with Gasteiger partial charge >= 0.3 is 12.6 Å². The Morgan fingerprint density at radius 3 is 2.85 bits per heavy atom. The molecule has 0 aliphatic carbocycles. The summed E-state index contributed by atoms with van der Waals surface area (Å²) >= 11 is 1.26. The number of carbonyl (C=O) groups is 1. The number of nitrogens with zero attached hydrogens (tertiary/aromatic N) is 1. The summed E-state index contributed by atoms with van der Waals surface area (Å²) in [5, 5.41) is 1.73. The highest BCUT2D eigenvalue weighted by atomic mass is 32.1. The lowest BCUT2D eigenvalue weighted by molar-refractivity contribution is -0.0512. The third-order valence-corrected chi connectivity index (χ3v) is 4.22. The molecular weight excluding hydrogens is 370 g/mol. The number of halogens is 2. The van der Waals surface area contributed by atoms with Crippen LogP contribution in [0.15, 0.2) is 34.4 Å². The summed E-state index contributed by atoms with van der Waals surface area (Å²) in [7, 11) is 1.26. The van der Waals surface area contributed by atoms with Crippen molar-refractivity contribution in [2.75, 3.05) is 7.11 Å². The molecule has 2 aromatic heterocycles. The van der Waals surface area contributed by atoms with Crippen LogP contribution in [0.4, 0.5) is 8.78 Å². The maximum atomic E-state index is 12.3. The Morgan fingerprint density at radius 1 is 1.31 bits per heavy atom. The number of nitrogens with one attached hydrogen (secondary N) is 1. The zero-order chi connectivity index (χ0) is 18.7. The van der Waals surface area contributed by atoms with E-state index in [4.69, 9.17) is 9.47 Å². The van der Waals surface area contributed by atoms with Gasteiger partial charge < -0.3 is 19.2 Å². The number of H-pyrrole nitrogens is 1. The van der Waals surface area contributed by atoms with Crippen LogP contribution in [0.2, 0.25) is 0 Å². The van der Waals surface area contributed by atoms with Gasteiger partial charge in [0.25, 0.3) is 5.56 Å². The van der Waals surface area contributed by atoms with Gasteiger partial charge in [0, 0.05) is 0 Å². The molecule has 3 aromatic rings. The molecule has 0 aliphatic heterocycles. The number of hydrogen-bond acceptors (Lipinski definition) is 7. The number of methoxy groups -OCH3 is 1. The molecule has 136 valence electrons. The normalized spacial score (nSPS) is 10.9. The highest BCUT2D eigenvalue weighted by Gasteiger charge is 2.16. The monoisotopic (exact) mass is 382 g/mol. The molecule has 0 saturated carbocycles. The summed E-state index contributed by atoms with van der Waals surface area (Å²) in [6.07, 6.45) is 0. The highest BCUT2D eigenvalue weighted by molar-refractivity contribution is 7.17. The molecule has 26 heavy (non-hydrogen) atoms. The Balaban J connectivity index is 1.73. The Bertz CT molecular complexity index is 1000. The van der Waals surface area contributed by atoms with Gasteiger partial charge in [-0.05, 0) is 29.6 Å². The van der Waals surface area contributed by atoms with Crippen LogP contribution in [0.5, 0.6) is 11.5 Å². The first-order valence-electron chi connectivity index (χ1n) is 7.24. The fourth-order valence-corrected chi connectivity index (χ4v) is 2.92. The average Bonchev–Trinajstić information content (AvgIpc) is 3.08. The van der Waals surface area contributed by atoms with Gasteiger partial charge in [-0.1, -0.05) is 0 Å². The Labute approximate surface area is 149 Å². The third-order valence-electron chi connectivity index (χ3n) is 3.32. The first-order chi connectivity index (χ1) is 12.5. The molecule has 0 radical (unpaired) electrons. The van der Waals surface area contributed by atoms with Gasteiger partial charge in [-0.2, -0.15) is 8.78 Å². The largest absolute Gasteiger partial charge is 0.493 e. The molecule has 1 aromatic carbocycles. The SMILES string of the molecule is COc1cc(C(=O)OCc2nc3ccsc3c(=O)[nH]2)ccc1OC(F)F. The van der Waals surface area contributed by atoms with Crippen molar-refractivity contribution in [3.05, 3.63) is 51.4 Å². The number of rotatable bonds is 6. The van der Waals surface area contributed by atoms with Gasteiger partial charge in [0.1, 0.15) is 17.1 Å². The molecule has 0 atom stereocenters. The van der Waals surface area contributed by atoms with Crippen molar-refractivity contribution in [2.45, 2.75) is 13.2 Å². The zero-order valence-corrected chi connectivity index (χ0v) is 14.1. The van der Waals surface area contributed by atoms with Crippen molar-refractivity contribution in [3.63, 3.8) is 0 Å². The molecule has 7 nitrogen and oxygen atoms in total. The minimum Gasteiger partial charge on any atom is -0.493 e. The molecule has 2 heterocycles. The van der Waals surface area contributed by atoms with Crippen LogP contribution in [0.1, 0.15) is 16.2 Å². The van der Waals surface area contributed by atoms with E-state index in [9.17, 15) is 18.4 Å². The lowest BCUT2D eigenvalue weighted by atomic mass is 10.2. The lowest BCUT2D eigenvalue weighted by Gasteiger charge is -2.11. The topological polar surface area (TPSA) is 90.5 Å². The summed E-state index contributed by atoms with van der Waals surface area (Å²) in [4.78, 5) is 30.7. The second-order valence-electron chi connectivity index (χ2n) is 4.97. The van der Waals surface area contributed by atoms with Crippen LogP contribution in [0.25, 0.3) is 10.2 Å². The molecule has 0 bridgehead atoms. The second-order valence-corrected chi connectivity index (χ2v) is 5.88. The molecule has 0 saturated heterocycles. The summed E-state index contributed by atoms with van der Waals surface area (Å²) in [6.45, 7) is -3.27. The first-order valence-corrected chi connectivity index (χ1v) is 8.12. The number of alkyl halides is 2. The van der Waals surface area contributed by atoms with E-state index in [0.29, 0.717) is 10.2 Å². The molecule has 10 heteroatoms.